The van der Waals surface area contributed by atoms with Crippen LogP contribution in [0.5, 0.6) is 0 Å². The van der Waals surface area contributed by atoms with E-state index in [-0.39, 0.29) is 18.0 Å². The minimum atomic E-state index is -0.177. The highest BCUT2D eigenvalue weighted by Gasteiger charge is 2.13. The number of hydrogen-bond acceptors (Lipinski definition) is 3. The lowest BCUT2D eigenvalue weighted by molar-refractivity contribution is -0.118. The van der Waals surface area contributed by atoms with E-state index in [4.69, 9.17) is 5.73 Å². The Hall–Kier alpha value is -2.56. The lowest BCUT2D eigenvalue weighted by Crippen LogP contribution is -2.34. The molecule has 0 saturated carbocycles. The molecule has 104 valence electrons. The third-order valence-electron chi connectivity index (χ3n) is 3.22. The molecule has 0 fully saturated rings. The van der Waals surface area contributed by atoms with Crippen molar-refractivity contribution >= 4 is 17.3 Å². The van der Waals surface area contributed by atoms with E-state index >= 15 is 0 Å². The largest absolute Gasteiger partial charge is 0.399 e. The predicted molar refractivity (Wildman–Crippen MR) is 79.7 cm³/mol. The number of hydrogen-bond donors (Lipinski definition) is 1. The van der Waals surface area contributed by atoms with Gasteiger partial charge in [0.15, 0.2) is 0 Å². The number of carbonyl (C=O) groups is 1. The van der Waals surface area contributed by atoms with Crippen LogP contribution in [-0.2, 0) is 11.3 Å². The Morgan fingerprint density at radius 1 is 1.20 bits per heavy atom. The average molecular weight is 271 g/mol. The molecule has 1 heterocycles. The summed E-state index contributed by atoms with van der Waals surface area (Å²) >= 11 is 0. The Balaban J connectivity index is 2.20. The molecular weight excluding hydrogens is 254 g/mol. The molecule has 0 aliphatic heterocycles. The monoisotopic (exact) mass is 271 g/mol. The van der Waals surface area contributed by atoms with Crippen molar-refractivity contribution in [2.24, 2.45) is 0 Å². The average Bonchev–Trinajstić information content (AvgIpc) is 2.43. The van der Waals surface area contributed by atoms with Crippen molar-refractivity contribution in [3.8, 4) is 0 Å². The van der Waals surface area contributed by atoms with Gasteiger partial charge in [-0.25, -0.2) is 0 Å². The Morgan fingerprint density at radius 2 is 1.85 bits per heavy atom. The van der Waals surface area contributed by atoms with Crippen molar-refractivity contribution in [1.82, 2.24) is 4.57 Å². The summed E-state index contributed by atoms with van der Waals surface area (Å²) in [5.41, 5.74) is 7.59. The molecule has 0 saturated heterocycles. The molecule has 2 N–H and O–H groups in total. The van der Waals surface area contributed by atoms with Gasteiger partial charge in [0.05, 0.1) is 0 Å². The van der Waals surface area contributed by atoms with E-state index in [0.29, 0.717) is 5.69 Å². The molecule has 5 nitrogen and oxygen atoms in total. The van der Waals surface area contributed by atoms with Crippen LogP contribution in [0.25, 0.3) is 0 Å². The Bertz CT molecular complexity index is 674. The van der Waals surface area contributed by atoms with Crippen molar-refractivity contribution in [1.29, 1.82) is 0 Å². The van der Waals surface area contributed by atoms with Gasteiger partial charge in [-0.2, -0.15) is 0 Å². The summed E-state index contributed by atoms with van der Waals surface area (Å²) in [5, 5.41) is 0. The van der Waals surface area contributed by atoms with E-state index < -0.39 is 0 Å². The van der Waals surface area contributed by atoms with Crippen molar-refractivity contribution in [3.05, 3.63) is 58.5 Å². The van der Waals surface area contributed by atoms with Crippen LogP contribution < -0.4 is 16.2 Å². The number of nitrogen functional groups attached to an aromatic ring is 1. The predicted octanol–water partition coefficient (Wildman–Crippen LogP) is 1.40. The van der Waals surface area contributed by atoms with Gasteiger partial charge < -0.3 is 15.2 Å². The molecule has 0 unspecified atom stereocenters. The number of amides is 1. The molecule has 0 radical (unpaired) electrons. The molecule has 0 aliphatic rings. The number of rotatable bonds is 3. The lowest BCUT2D eigenvalue weighted by atomic mass is 10.2. The summed E-state index contributed by atoms with van der Waals surface area (Å²) in [6.07, 6.45) is 0. The van der Waals surface area contributed by atoms with Crippen molar-refractivity contribution in [2.45, 2.75) is 13.5 Å². The second kappa shape index (κ2) is 5.61. The van der Waals surface area contributed by atoms with E-state index in [2.05, 4.69) is 0 Å². The highest BCUT2D eigenvalue weighted by atomic mass is 16.2. The van der Waals surface area contributed by atoms with Gasteiger partial charge in [0.1, 0.15) is 6.54 Å². The number of pyridine rings is 1. The van der Waals surface area contributed by atoms with Crippen LogP contribution in [0.3, 0.4) is 0 Å². The minimum Gasteiger partial charge on any atom is -0.399 e. The highest BCUT2D eigenvalue weighted by Crippen LogP contribution is 2.15. The standard InChI is InChI=1S/C15H17N3O2/c1-11-4-3-5-14(19)18(11)10-15(20)17(2)13-8-6-12(16)7-9-13/h3-9H,10,16H2,1-2H3. The number of benzene rings is 1. The van der Waals surface area contributed by atoms with Crippen molar-refractivity contribution < 1.29 is 4.79 Å². The number of aryl methyl sites for hydroxylation is 1. The van der Waals surface area contributed by atoms with Gasteiger partial charge in [0.2, 0.25) is 5.91 Å². The van der Waals surface area contributed by atoms with Crippen LogP contribution in [0.1, 0.15) is 5.69 Å². The Labute approximate surface area is 117 Å². The first-order valence-electron chi connectivity index (χ1n) is 6.27. The van der Waals surface area contributed by atoms with E-state index in [1.807, 2.05) is 0 Å². The van der Waals surface area contributed by atoms with Crippen molar-refractivity contribution in [2.75, 3.05) is 17.7 Å². The van der Waals surface area contributed by atoms with Crippen LogP contribution >= 0.6 is 0 Å². The maximum absolute atomic E-state index is 12.2. The second-order valence-corrected chi connectivity index (χ2v) is 4.64. The van der Waals surface area contributed by atoms with Gasteiger partial charge in [-0.3, -0.25) is 9.59 Å². The molecule has 1 aromatic heterocycles. The fourth-order valence-electron chi connectivity index (χ4n) is 1.91. The zero-order valence-electron chi connectivity index (χ0n) is 11.5. The first-order valence-corrected chi connectivity index (χ1v) is 6.27. The molecule has 0 atom stereocenters. The molecule has 1 aromatic carbocycles. The highest BCUT2D eigenvalue weighted by molar-refractivity contribution is 5.92. The van der Waals surface area contributed by atoms with Gasteiger partial charge >= 0.3 is 0 Å². The zero-order chi connectivity index (χ0) is 14.7. The molecular formula is C15H17N3O2. The van der Waals surface area contributed by atoms with Crippen molar-refractivity contribution in [3.63, 3.8) is 0 Å². The van der Waals surface area contributed by atoms with Crippen LogP contribution in [0, 0.1) is 6.92 Å². The quantitative estimate of drug-likeness (QED) is 0.858. The van der Waals surface area contributed by atoms with E-state index in [1.165, 1.54) is 15.5 Å². The molecule has 2 aromatic rings. The zero-order valence-corrected chi connectivity index (χ0v) is 11.5. The molecule has 0 bridgehead atoms. The van der Waals surface area contributed by atoms with E-state index in [0.717, 1.165) is 11.4 Å². The van der Waals surface area contributed by atoms with Gasteiger partial charge in [-0.05, 0) is 37.3 Å². The number of aromatic nitrogens is 1. The van der Waals surface area contributed by atoms with Gasteiger partial charge in [-0.1, -0.05) is 6.07 Å². The van der Waals surface area contributed by atoms with Crippen LogP contribution in [0.15, 0.2) is 47.3 Å². The maximum atomic E-state index is 12.2. The lowest BCUT2D eigenvalue weighted by Gasteiger charge is -2.19. The van der Waals surface area contributed by atoms with Gasteiger partial charge in [-0.15, -0.1) is 0 Å². The SMILES string of the molecule is Cc1cccc(=O)n1CC(=O)N(C)c1ccc(N)cc1. The van der Waals surface area contributed by atoms with Gasteiger partial charge in [0, 0.05) is 30.2 Å². The number of nitrogens with zero attached hydrogens (tertiary/aromatic N) is 2. The summed E-state index contributed by atoms with van der Waals surface area (Å²) < 4.78 is 1.45. The molecule has 5 heteroatoms. The first-order chi connectivity index (χ1) is 9.49. The van der Waals surface area contributed by atoms with Crippen LogP contribution in [-0.4, -0.2) is 17.5 Å². The Morgan fingerprint density at radius 3 is 2.45 bits per heavy atom. The van der Waals surface area contributed by atoms with E-state index in [1.54, 1.807) is 50.4 Å². The summed E-state index contributed by atoms with van der Waals surface area (Å²) in [6, 6.07) is 11.9. The Kier molecular flexibility index (Phi) is 3.89. The first kappa shape index (κ1) is 13.9. The fraction of sp³-hybridized carbons (Fsp3) is 0.200. The molecule has 2 rings (SSSR count). The molecule has 20 heavy (non-hydrogen) atoms. The number of carbonyl (C=O) groups excluding carboxylic acids is 1. The molecule has 0 aliphatic carbocycles. The number of anilines is 2. The minimum absolute atomic E-state index is 0.0202. The topological polar surface area (TPSA) is 68.3 Å². The second-order valence-electron chi connectivity index (χ2n) is 4.64. The summed E-state index contributed by atoms with van der Waals surface area (Å²) in [5.74, 6) is -0.161. The smallest absolute Gasteiger partial charge is 0.251 e. The molecule has 1 amide bonds. The number of nitrogens with two attached hydrogens (primary N) is 1. The third-order valence-corrected chi connectivity index (χ3v) is 3.22. The summed E-state index contributed by atoms with van der Waals surface area (Å²) in [7, 11) is 1.68. The third kappa shape index (κ3) is 2.88. The molecule has 0 spiro atoms. The number of likely N-dealkylation sites (N-methyl/N-ethyl adjacent to an activating group) is 1. The summed E-state index contributed by atoms with van der Waals surface area (Å²) in [6.45, 7) is 1.82. The maximum Gasteiger partial charge on any atom is 0.251 e. The van der Waals surface area contributed by atoms with Gasteiger partial charge in [0.25, 0.3) is 5.56 Å². The summed E-state index contributed by atoms with van der Waals surface area (Å²) in [4.78, 5) is 25.5. The normalized spacial score (nSPS) is 10.3. The fourth-order valence-corrected chi connectivity index (χ4v) is 1.91. The van der Waals surface area contributed by atoms with E-state index in [9.17, 15) is 9.59 Å². The van der Waals surface area contributed by atoms with Crippen LogP contribution in [0.4, 0.5) is 11.4 Å². The van der Waals surface area contributed by atoms with Crippen LogP contribution in [0.2, 0.25) is 0 Å².